The van der Waals surface area contributed by atoms with Gasteiger partial charge < -0.3 is 9.67 Å². The Balaban J connectivity index is 1.93. The molecule has 1 N–H and O–H groups in total. The lowest BCUT2D eigenvalue weighted by atomic mass is 10.2. The van der Waals surface area contributed by atoms with E-state index in [1.165, 1.54) is 6.20 Å². The predicted octanol–water partition coefficient (Wildman–Crippen LogP) is 3.06. The van der Waals surface area contributed by atoms with Crippen molar-refractivity contribution in [3.63, 3.8) is 0 Å². The number of fused-ring (bicyclic) bond motifs is 1. The zero-order valence-corrected chi connectivity index (χ0v) is 14.6. The minimum atomic E-state index is -4.57. The summed E-state index contributed by atoms with van der Waals surface area (Å²) in [7, 11) is -4.08. The van der Waals surface area contributed by atoms with Gasteiger partial charge in [-0.2, -0.15) is 17.5 Å². The molecule has 0 unspecified atom stereocenters. The number of sulfonamides is 1. The molecule has 1 aromatic heterocycles. The smallest absolute Gasteiger partial charge is 0.416 e. The quantitative estimate of drug-likeness (QED) is 0.846. The molecule has 1 aliphatic rings. The molecule has 140 valence electrons. The second kappa shape index (κ2) is 6.29. The maximum Gasteiger partial charge on any atom is 0.416 e. The Morgan fingerprint density at radius 3 is 2.31 bits per heavy atom. The maximum atomic E-state index is 12.7. The molecule has 6 nitrogen and oxygen atoms in total. The molecule has 11 heteroatoms. The monoisotopic (exact) mass is 408 g/mol. The van der Waals surface area contributed by atoms with Crippen LogP contribution in [-0.2, 0) is 29.3 Å². The van der Waals surface area contributed by atoms with Crippen molar-refractivity contribution in [1.29, 1.82) is 0 Å². The number of carboxylic acids is 1. The Bertz CT molecular complexity index is 968. The van der Waals surface area contributed by atoms with Crippen LogP contribution in [-0.4, -0.2) is 34.9 Å². The molecule has 0 saturated carbocycles. The maximum absolute atomic E-state index is 12.7. The summed E-state index contributed by atoms with van der Waals surface area (Å²) < 4.78 is 65.9. The van der Waals surface area contributed by atoms with Crippen LogP contribution in [0.15, 0.2) is 35.4 Å². The number of carboxylic acid groups (broad SMARTS) is 1. The summed E-state index contributed by atoms with van der Waals surface area (Å²) in [5.74, 6) is -1.28. The minimum absolute atomic E-state index is 0.00118. The van der Waals surface area contributed by atoms with Crippen LogP contribution in [0, 0.1) is 0 Å². The van der Waals surface area contributed by atoms with E-state index < -0.39 is 27.7 Å². The topological polar surface area (TPSA) is 79.6 Å². The number of nitrogens with zero attached hydrogens (tertiary/aromatic N) is 2. The van der Waals surface area contributed by atoms with Gasteiger partial charge in [0, 0.05) is 25.0 Å². The Morgan fingerprint density at radius 2 is 1.77 bits per heavy atom. The predicted molar refractivity (Wildman–Crippen MR) is 85.4 cm³/mol. The van der Waals surface area contributed by atoms with E-state index in [0.717, 1.165) is 16.4 Å². The molecule has 0 radical (unpaired) electrons. The second-order valence-corrected chi connectivity index (χ2v) is 8.00. The van der Waals surface area contributed by atoms with E-state index in [1.807, 2.05) is 0 Å². The molecule has 0 spiro atoms. The van der Waals surface area contributed by atoms with Crippen LogP contribution in [0.4, 0.5) is 13.2 Å². The SMILES string of the molecule is O=C(O)c1c(Cl)cn2c1CN(S(=O)(=O)c1ccc(C(F)(F)F)cc1)CC2. The Hall–Kier alpha value is -2.04. The number of hydrogen-bond donors (Lipinski definition) is 1. The Labute approximate surface area is 151 Å². The first-order chi connectivity index (χ1) is 12.0. The van der Waals surface area contributed by atoms with Gasteiger partial charge in [0.15, 0.2) is 0 Å². The lowest BCUT2D eigenvalue weighted by Gasteiger charge is -2.28. The number of carbonyl (C=O) groups is 1. The van der Waals surface area contributed by atoms with Crippen molar-refractivity contribution in [2.45, 2.75) is 24.2 Å². The third-order valence-electron chi connectivity index (χ3n) is 4.09. The van der Waals surface area contributed by atoms with Gasteiger partial charge in [-0.15, -0.1) is 0 Å². The Morgan fingerprint density at radius 1 is 1.15 bits per heavy atom. The summed E-state index contributed by atoms with van der Waals surface area (Å²) in [4.78, 5) is 11.0. The van der Waals surface area contributed by atoms with Gasteiger partial charge in [0.25, 0.3) is 0 Å². The highest BCUT2D eigenvalue weighted by atomic mass is 35.5. The van der Waals surface area contributed by atoms with Crippen LogP contribution in [0.1, 0.15) is 21.6 Å². The van der Waals surface area contributed by atoms with Crippen LogP contribution in [0.3, 0.4) is 0 Å². The molecule has 0 atom stereocenters. The van der Waals surface area contributed by atoms with Gasteiger partial charge in [-0.1, -0.05) is 11.6 Å². The molecule has 2 heterocycles. The van der Waals surface area contributed by atoms with Gasteiger partial charge in [-0.3, -0.25) is 0 Å². The minimum Gasteiger partial charge on any atom is -0.478 e. The average molecular weight is 409 g/mol. The van der Waals surface area contributed by atoms with Gasteiger partial charge in [-0.25, -0.2) is 13.2 Å². The van der Waals surface area contributed by atoms with E-state index in [4.69, 9.17) is 11.6 Å². The summed E-state index contributed by atoms with van der Waals surface area (Å²) in [6, 6.07) is 3.16. The van der Waals surface area contributed by atoms with Crippen molar-refractivity contribution in [2.75, 3.05) is 6.54 Å². The molecule has 26 heavy (non-hydrogen) atoms. The van der Waals surface area contributed by atoms with E-state index in [-0.39, 0.29) is 40.8 Å². The molecular formula is C15H12ClF3N2O4S. The number of benzene rings is 1. The van der Waals surface area contributed by atoms with Crippen LogP contribution < -0.4 is 0 Å². The van der Waals surface area contributed by atoms with Crippen molar-refractivity contribution in [1.82, 2.24) is 8.87 Å². The highest BCUT2D eigenvalue weighted by Gasteiger charge is 2.34. The highest BCUT2D eigenvalue weighted by molar-refractivity contribution is 7.89. The number of alkyl halides is 3. The standard InChI is InChI=1S/C15H12ClF3N2O4S/c16-11-7-20-5-6-21(8-12(20)13(11)14(22)23)26(24,25)10-3-1-9(2-4-10)15(17,18)19/h1-4,7H,5-6,8H2,(H,22,23). The summed E-state index contributed by atoms with van der Waals surface area (Å²) >= 11 is 5.89. The lowest BCUT2D eigenvalue weighted by Crippen LogP contribution is -2.38. The van der Waals surface area contributed by atoms with E-state index in [2.05, 4.69) is 0 Å². The average Bonchev–Trinajstić information content (AvgIpc) is 2.89. The molecule has 1 aliphatic heterocycles. The number of rotatable bonds is 3. The van der Waals surface area contributed by atoms with Crippen molar-refractivity contribution >= 4 is 27.6 Å². The zero-order valence-electron chi connectivity index (χ0n) is 13.0. The Kier molecular flexibility index (Phi) is 4.53. The van der Waals surface area contributed by atoms with Crippen LogP contribution >= 0.6 is 11.6 Å². The first-order valence-corrected chi connectivity index (χ1v) is 9.12. The van der Waals surface area contributed by atoms with Crippen LogP contribution in [0.2, 0.25) is 5.02 Å². The van der Waals surface area contributed by atoms with Gasteiger partial charge >= 0.3 is 12.1 Å². The highest BCUT2D eigenvalue weighted by Crippen LogP contribution is 2.32. The summed E-state index contributed by atoms with van der Waals surface area (Å²) in [5.41, 5.74) is -0.910. The van der Waals surface area contributed by atoms with Gasteiger partial charge in [0.2, 0.25) is 10.0 Å². The summed E-state index contributed by atoms with van der Waals surface area (Å²) in [5, 5.41) is 9.25. The van der Waals surface area contributed by atoms with E-state index >= 15 is 0 Å². The number of halogens is 4. The van der Waals surface area contributed by atoms with Crippen molar-refractivity contribution in [3.8, 4) is 0 Å². The van der Waals surface area contributed by atoms with Crippen molar-refractivity contribution < 1.29 is 31.5 Å². The molecule has 0 amide bonds. The lowest BCUT2D eigenvalue weighted by molar-refractivity contribution is -0.137. The fraction of sp³-hybridized carbons (Fsp3) is 0.267. The third kappa shape index (κ3) is 3.19. The van der Waals surface area contributed by atoms with E-state index in [0.29, 0.717) is 12.1 Å². The van der Waals surface area contributed by atoms with Crippen molar-refractivity contribution in [2.24, 2.45) is 0 Å². The third-order valence-corrected chi connectivity index (χ3v) is 6.24. The number of aromatic nitrogens is 1. The van der Waals surface area contributed by atoms with E-state index in [1.54, 1.807) is 4.57 Å². The molecule has 2 aromatic rings. The normalized spacial score (nSPS) is 15.7. The van der Waals surface area contributed by atoms with E-state index in [9.17, 15) is 31.5 Å². The van der Waals surface area contributed by atoms with Crippen LogP contribution in [0.5, 0.6) is 0 Å². The fourth-order valence-electron chi connectivity index (χ4n) is 2.79. The zero-order chi connectivity index (χ0) is 19.3. The number of aromatic carboxylic acids is 1. The summed E-state index contributed by atoms with van der Waals surface area (Å²) in [6.07, 6.45) is -3.15. The van der Waals surface area contributed by atoms with Gasteiger partial charge in [0.1, 0.15) is 5.56 Å². The molecule has 0 fully saturated rings. The first-order valence-electron chi connectivity index (χ1n) is 7.30. The molecule has 0 bridgehead atoms. The molecule has 1 aromatic carbocycles. The van der Waals surface area contributed by atoms with Gasteiger partial charge in [0.05, 0.1) is 22.0 Å². The van der Waals surface area contributed by atoms with Gasteiger partial charge in [-0.05, 0) is 24.3 Å². The molecule has 3 rings (SSSR count). The number of hydrogen-bond acceptors (Lipinski definition) is 3. The first kappa shape index (κ1) is 18.7. The van der Waals surface area contributed by atoms with Crippen LogP contribution in [0.25, 0.3) is 0 Å². The molecule has 0 saturated heterocycles. The summed E-state index contributed by atoms with van der Waals surface area (Å²) in [6.45, 7) is -0.0136. The fourth-order valence-corrected chi connectivity index (χ4v) is 4.49. The molecular weight excluding hydrogens is 397 g/mol. The molecule has 0 aliphatic carbocycles. The second-order valence-electron chi connectivity index (χ2n) is 5.66. The van der Waals surface area contributed by atoms with Crippen molar-refractivity contribution in [3.05, 3.63) is 52.3 Å². The largest absolute Gasteiger partial charge is 0.478 e.